The summed E-state index contributed by atoms with van der Waals surface area (Å²) >= 11 is 0. The SMILES string of the molecule is CCc1nn(CCC2CCCO2)c(CC)c1C(C)O. The predicted molar refractivity (Wildman–Crippen MR) is 75.2 cm³/mol. The van der Waals surface area contributed by atoms with Gasteiger partial charge in [-0.3, -0.25) is 4.68 Å². The molecule has 0 radical (unpaired) electrons. The van der Waals surface area contributed by atoms with Gasteiger partial charge in [-0.1, -0.05) is 13.8 Å². The minimum absolute atomic E-state index is 0.397. The fourth-order valence-corrected chi connectivity index (χ4v) is 3.01. The second kappa shape index (κ2) is 6.53. The number of ether oxygens (including phenoxy) is 1. The van der Waals surface area contributed by atoms with Crippen LogP contribution in [-0.4, -0.2) is 27.6 Å². The molecule has 1 aromatic rings. The first-order valence-corrected chi connectivity index (χ1v) is 7.55. The summed E-state index contributed by atoms with van der Waals surface area (Å²) in [6.45, 7) is 7.86. The maximum absolute atomic E-state index is 9.96. The largest absolute Gasteiger partial charge is 0.389 e. The van der Waals surface area contributed by atoms with E-state index in [9.17, 15) is 5.11 Å². The highest BCUT2D eigenvalue weighted by atomic mass is 16.5. The smallest absolute Gasteiger partial charge is 0.0798 e. The van der Waals surface area contributed by atoms with E-state index in [1.54, 1.807) is 0 Å². The molecule has 108 valence electrons. The number of aromatic nitrogens is 2. The number of hydrogen-bond acceptors (Lipinski definition) is 3. The first-order valence-electron chi connectivity index (χ1n) is 7.55. The van der Waals surface area contributed by atoms with Crippen molar-refractivity contribution in [2.45, 2.75) is 71.6 Å². The van der Waals surface area contributed by atoms with Crippen LogP contribution in [0.5, 0.6) is 0 Å². The van der Waals surface area contributed by atoms with E-state index in [-0.39, 0.29) is 0 Å². The van der Waals surface area contributed by atoms with E-state index in [4.69, 9.17) is 4.74 Å². The quantitative estimate of drug-likeness (QED) is 0.861. The summed E-state index contributed by atoms with van der Waals surface area (Å²) in [6, 6.07) is 0. The van der Waals surface area contributed by atoms with E-state index in [2.05, 4.69) is 23.6 Å². The van der Waals surface area contributed by atoms with Crippen molar-refractivity contribution in [3.05, 3.63) is 17.0 Å². The Labute approximate surface area is 115 Å². The lowest BCUT2D eigenvalue weighted by Crippen LogP contribution is -2.13. The van der Waals surface area contributed by atoms with Crippen molar-refractivity contribution in [1.82, 2.24) is 9.78 Å². The van der Waals surface area contributed by atoms with Crippen LogP contribution < -0.4 is 0 Å². The first kappa shape index (κ1) is 14.5. The van der Waals surface area contributed by atoms with Gasteiger partial charge in [0.2, 0.25) is 0 Å². The third-order valence-electron chi connectivity index (χ3n) is 3.95. The molecule has 1 saturated heterocycles. The predicted octanol–water partition coefficient (Wildman–Crippen LogP) is 2.63. The normalized spacial score (nSPS) is 20.9. The van der Waals surface area contributed by atoms with Crippen LogP contribution in [0.4, 0.5) is 0 Å². The molecule has 1 N–H and O–H groups in total. The molecule has 2 atom stereocenters. The summed E-state index contributed by atoms with van der Waals surface area (Å²) in [5, 5.41) is 14.6. The second-order valence-electron chi connectivity index (χ2n) is 5.34. The number of aryl methyl sites for hydroxylation is 2. The Hall–Kier alpha value is -0.870. The van der Waals surface area contributed by atoms with E-state index in [0.717, 1.165) is 43.7 Å². The van der Waals surface area contributed by atoms with Crippen molar-refractivity contribution >= 4 is 0 Å². The van der Waals surface area contributed by atoms with Gasteiger partial charge in [0.05, 0.1) is 17.9 Å². The molecule has 0 saturated carbocycles. The average molecular weight is 266 g/mol. The molecular formula is C15H26N2O2. The van der Waals surface area contributed by atoms with Crippen molar-refractivity contribution in [3.63, 3.8) is 0 Å². The van der Waals surface area contributed by atoms with Gasteiger partial charge in [-0.2, -0.15) is 5.10 Å². The molecule has 2 rings (SSSR count). The third-order valence-corrected chi connectivity index (χ3v) is 3.95. The molecule has 0 bridgehead atoms. The molecule has 0 aromatic carbocycles. The zero-order valence-corrected chi connectivity index (χ0v) is 12.4. The Morgan fingerprint density at radius 3 is 2.74 bits per heavy atom. The van der Waals surface area contributed by atoms with Gasteiger partial charge in [0.15, 0.2) is 0 Å². The second-order valence-corrected chi connectivity index (χ2v) is 5.34. The fraction of sp³-hybridized carbons (Fsp3) is 0.800. The standard InChI is InChI=1S/C15H26N2O2/c1-4-13-15(11(3)18)14(5-2)17(16-13)9-8-12-7-6-10-19-12/h11-12,18H,4-10H2,1-3H3. The van der Waals surface area contributed by atoms with Gasteiger partial charge >= 0.3 is 0 Å². The highest BCUT2D eigenvalue weighted by molar-refractivity contribution is 5.28. The number of hydrogen-bond donors (Lipinski definition) is 1. The molecule has 4 heteroatoms. The number of rotatable bonds is 6. The minimum atomic E-state index is -0.429. The summed E-state index contributed by atoms with van der Waals surface area (Å²) < 4.78 is 7.75. The first-order chi connectivity index (χ1) is 9.17. The van der Waals surface area contributed by atoms with E-state index >= 15 is 0 Å². The lowest BCUT2D eigenvalue weighted by atomic mass is 10.0. The highest BCUT2D eigenvalue weighted by Gasteiger charge is 2.21. The van der Waals surface area contributed by atoms with Gasteiger partial charge in [0, 0.05) is 24.4 Å². The summed E-state index contributed by atoms with van der Waals surface area (Å²) in [4.78, 5) is 0. The third kappa shape index (κ3) is 3.18. The van der Waals surface area contributed by atoms with Gasteiger partial charge in [-0.15, -0.1) is 0 Å². The average Bonchev–Trinajstić information content (AvgIpc) is 3.02. The van der Waals surface area contributed by atoms with Crippen molar-refractivity contribution in [2.24, 2.45) is 0 Å². The van der Waals surface area contributed by atoms with Gasteiger partial charge in [-0.05, 0) is 39.0 Å². The summed E-state index contributed by atoms with van der Waals surface area (Å²) in [5.74, 6) is 0. The fourth-order valence-electron chi connectivity index (χ4n) is 3.01. The topological polar surface area (TPSA) is 47.3 Å². The Bertz CT molecular complexity index is 407. The van der Waals surface area contributed by atoms with E-state index in [0.29, 0.717) is 6.10 Å². The Balaban J connectivity index is 2.14. The van der Waals surface area contributed by atoms with Crippen LogP contribution in [0.1, 0.15) is 63.1 Å². The molecule has 2 heterocycles. The maximum atomic E-state index is 9.96. The molecular weight excluding hydrogens is 240 g/mol. The van der Waals surface area contributed by atoms with Crippen LogP contribution >= 0.6 is 0 Å². The Morgan fingerprint density at radius 2 is 2.21 bits per heavy atom. The lowest BCUT2D eigenvalue weighted by Gasteiger charge is -2.12. The molecule has 1 aromatic heterocycles. The van der Waals surface area contributed by atoms with Crippen LogP contribution in [0, 0.1) is 0 Å². The number of aliphatic hydroxyl groups excluding tert-OH is 1. The minimum Gasteiger partial charge on any atom is -0.389 e. The Kier molecular flexibility index (Phi) is 4.99. The van der Waals surface area contributed by atoms with Gasteiger partial charge in [-0.25, -0.2) is 0 Å². The molecule has 4 nitrogen and oxygen atoms in total. The molecule has 1 fully saturated rings. The lowest BCUT2D eigenvalue weighted by molar-refractivity contribution is 0.0991. The Morgan fingerprint density at radius 1 is 1.42 bits per heavy atom. The van der Waals surface area contributed by atoms with Crippen molar-refractivity contribution in [3.8, 4) is 0 Å². The van der Waals surface area contributed by atoms with Gasteiger partial charge < -0.3 is 9.84 Å². The molecule has 0 aliphatic carbocycles. The molecule has 1 aliphatic rings. The molecule has 2 unspecified atom stereocenters. The molecule has 0 spiro atoms. The molecule has 0 amide bonds. The van der Waals surface area contributed by atoms with Crippen LogP contribution in [-0.2, 0) is 24.1 Å². The summed E-state index contributed by atoms with van der Waals surface area (Å²) in [5.41, 5.74) is 3.27. The van der Waals surface area contributed by atoms with E-state index in [1.165, 1.54) is 18.5 Å². The van der Waals surface area contributed by atoms with Crippen molar-refractivity contribution in [2.75, 3.05) is 6.61 Å². The van der Waals surface area contributed by atoms with Gasteiger partial charge in [0.25, 0.3) is 0 Å². The highest BCUT2D eigenvalue weighted by Crippen LogP contribution is 2.24. The van der Waals surface area contributed by atoms with E-state index in [1.807, 2.05) is 6.92 Å². The van der Waals surface area contributed by atoms with Crippen LogP contribution in [0.2, 0.25) is 0 Å². The van der Waals surface area contributed by atoms with Crippen LogP contribution in [0.3, 0.4) is 0 Å². The number of nitrogens with zero attached hydrogens (tertiary/aromatic N) is 2. The molecule has 1 aliphatic heterocycles. The summed E-state index contributed by atoms with van der Waals surface area (Å²) in [6.07, 6.45) is 5.14. The van der Waals surface area contributed by atoms with Crippen molar-refractivity contribution in [1.29, 1.82) is 0 Å². The zero-order chi connectivity index (χ0) is 13.8. The summed E-state index contributed by atoms with van der Waals surface area (Å²) in [7, 11) is 0. The molecule has 19 heavy (non-hydrogen) atoms. The van der Waals surface area contributed by atoms with Crippen LogP contribution in [0.15, 0.2) is 0 Å². The van der Waals surface area contributed by atoms with Gasteiger partial charge in [0.1, 0.15) is 0 Å². The van der Waals surface area contributed by atoms with Crippen LogP contribution in [0.25, 0.3) is 0 Å². The van der Waals surface area contributed by atoms with E-state index < -0.39 is 6.10 Å². The van der Waals surface area contributed by atoms with Crippen molar-refractivity contribution < 1.29 is 9.84 Å². The zero-order valence-electron chi connectivity index (χ0n) is 12.4. The number of aliphatic hydroxyl groups is 1. The maximum Gasteiger partial charge on any atom is 0.0798 e. The monoisotopic (exact) mass is 266 g/mol.